The predicted octanol–water partition coefficient (Wildman–Crippen LogP) is 2.53. The summed E-state index contributed by atoms with van der Waals surface area (Å²) in [6.45, 7) is 8.39. The van der Waals surface area contributed by atoms with E-state index >= 15 is 0 Å². The van der Waals surface area contributed by atoms with Crippen molar-refractivity contribution in [2.24, 2.45) is 5.73 Å². The lowest BCUT2D eigenvalue weighted by Gasteiger charge is -2.17. The molecule has 1 heterocycles. The van der Waals surface area contributed by atoms with Gasteiger partial charge in [-0.2, -0.15) is 0 Å². The summed E-state index contributed by atoms with van der Waals surface area (Å²) < 4.78 is 0. The highest BCUT2D eigenvalue weighted by atomic mass is 14.7. The van der Waals surface area contributed by atoms with Crippen LogP contribution in [0.1, 0.15) is 49.6 Å². The third kappa shape index (κ3) is 2.07. The molecule has 2 N–H and O–H groups in total. The van der Waals surface area contributed by atoms with Crippen molar-refractivity contribution < 1.29 is 0 Å². The minimum atomic E-state index is 0.0751. The molecule has 1 rings (SSSR count). The van der Waals surface area contributed by atoms with Crippen LogP contribution in [0.2, 0.25) is 0 Å². The first-order valence-electron chi connectivity index (χ1n) is 4.75. The molecule has 2 heteroatoms. The van der Waals surface area contributed by atoms with E-state index in [1.807, 2.05) is 20.0 Å². The Morgan fingerprint density at radius 3 is 2.31 bits per heavy atom. The zero-order valence-electron chi connectivity index (χ0n) is 8.83. The SMILES string of the molecule is Cc1nccc(C(C)C)c1C(C)N. The Balaban J connectivity index is 3.26. The third-order valence-corrected chi connectivity index (χ3v) is 2.30. The van der Waals surface area contributed by atoms with Gasteiger partial charge in [0.25, 0.3) is 0 Å². The van der Waals surface area contributed by atoms with Gasteiger partial charge in [-0.1, -0.05) is 13.8 Å². The topological polar surface area (TPSA) is 38.9 Å². The minimum absolute atomic E-state index is 0.0751. The highest BCUT2D eigenvalue weighted by molar-refractivity contribution is 5.33. The van der Waals surface area contributed by atoms with Gasteiger partial charge >= 0.3 is 0 Å². The van der Waals surface area contributed by atoms with E-state index in [-0.39, 0.29) is 6.04 Å². The van der Waals surface area contributed by atoms with Crippen LogP contribution in [-0.2, 0) is 0 Å². The van der Waals surface area contributed by atoms with E-state index in [2.05, 4.69) is 24.9 Å². The smallest absolute Gasteiger partial charge is 0.0423 e. The first kappa shape index (κ1) is 10.2. The lowest BCUT2D eigenvalue weighted by Crippen LogP contribution is -2.12. The fourth-order valence-corrected chi connectivity index (χ4v) is 1.69. The lowest BCUT2D eigenvalue weighted by atomic mass is 9.93. The van der Waals surface area contributed by atoms with Gasteiger partial charge in [-0.05, 0) is 37.0 Å². The molecule has 2 nitrogen and oxygen atoms in total. The number of pyridine rings is 1. The normalized spacial score (nSPS) is 13.4. The van der Waals surface area contributed by atoms with Crippen LogP contribution in [0.5, 0.6) is 0 Å². The van der Waals surface area contributed by atoms with E-state index in [1.54, 1.807) is 0 Å². The van der Waals surface area contributed by atoms with Crippen LogP contribution in [0.4, 0.5) is 0 Å². The summed E-state index contributed by atoms with van der Waals surface area (Å²) in [5.74, 6) is 0.516. The zero-order valence-corrected chi connectivity index (χ0v) is 8.83. The van der Waals surface area contributed by atoms with E-state index in [1.165, 1.54) is 11.1 Å². The molecular formula is C11H18N2. The van der Waals surface area contributed by atoms with Gasteiger partial charge in [-0.25, -0.2) is 0 Å². The minimum Gasteiger partial charge on any atom is -0.324 e. The van der Waals surface area contributed by atoms with Crippen LogP contribution in [0.25, 0.3) is 0 Å². The molecule has 0 aliphatic rings. The molecule has 0 saturated heterocycles. The summed E-state index contributed by atoms with van der Waals surface area (Å²) in [7, 11) is 0. The van der Waals surface area contributed by atoms with E-state index in [0.29, 0.717) is 5.92 Å². The molecule has 0 spiro atoms. The van der Waals surface area contributed by atoms with Crippen LogP contribution in [0, 0.1) is 6.92 Å². The van der Waals surface area contributed by atoms with Crippen molar-refractivity contribution in [1.82, 2.24) is 4.98 Å². The van der Waals surface area contributed by atoms with Gasteiger partial charge in [0.1, 0.15) is 0 Å². The number of rotatable bonds is 2. The van der Waals surface area contributed by atoms with Gasteiger partial charge in [-0.3, -0.25) is 4.98 Å². The highest BCUT2D eigenvalue weighted by Gasteiger charge is 2.12. The quantitative estimate of drug-likeness (QED) is 0.755. The van der Waals surface area contributed by atoms with E-state index in [4.69, 9.17) is 5.73 Å². The molecule has 0 saturated carbocycles. The lowest BCUT2D eigenvalue weighted by molar-refractivity contribution is 0.748. The van der Waals surface area contributed by atoms with Gasteiger partial charge in [0.15, 0.2) is 0 Å². The Bertz CT molecular complexity index is 290. The van der Waals surface area contributed by atoms with Crippen molar-refractivity contribution in [3.63, 3.8) is 0 Å². The number of nitrogens with two attached hydrogens (primary N) is 1. The van der Waals surface area contributed by atoms with Crippen molar-refractivity contribution >= 4 is 0 Å². The zero-order chi connectivity index (χ0) is 10.0. The number of aryl methyl sites for hydroxylation is 1. The van der Waals surface area contributed by atoms with Gasteiger partial charge < -0.3 is 5.73 Å². The maximum Gasteiger partial charge on any atom is 0.0423 e. The maximum absolute atomic E-state index is 5.91. The van der Waals surface area contributed by atoms with Gasteiger partial charge in [-0.15, -0.1) is 0 Å². The van der Waals surface area contributed by atoms with Crippen LogP contribution in [-0.4, -0.2) is 4.98 Å². The van der Waals surface area contributed by atoms with E-state index in [9.17, 15) is 0 Å². The number of aromatic nitrogens is 1. The molecule has 1 unspecified atom stereocenters. The molecule has 1 aromatic rings. The second-order valence-electron chi connectivity index (χ2n) is 3.84. The van der Waals surface area contributed by atoms with Crippen molar-refractivity contribution in [2.75, 3.05) is 0 Å². The molecule has 72 valence electrons. The Hall–Kier alpha value is -0.890. The summed E-state index contributed by atoms with van der Waals surface area (Å²) >= 11 is 0. The summed E-state index contributed by atoms with van der Waals surface area (Å²) in [6, 6.07) is 2.14. The molecule has 13 heavy (non-hydrogen) atoms. The average Bonchev–Trinajstić information content (AvgIpc) is 2.02. The standard InChI is InChI=1S/C11H18N2/c1-7(2)10-5-6-13-9(4)11(10)8(3)12/h5-8H,12H2,1-4H3. The second-order valence-corrected chi connectivity index (χ2v) is 3.84. The average molecular weight is 178 g/mol. The largest absolute Gasteiger partial charge is 0.324 e. The first-order valence-corrected chi connectivity index (χ1v) is 4.75. The van der Waals surface area contributed by atoms with E-state index in [0.717, 1.165) is 5.69 Å². The molecule has 0 bridgehead atoms. The molecule has 0 radical (unpaired) electrons. The van der Waals surface area contributed by atoms with Gasteiger partial charge in [0.05, 0.1) is 0 Å². The van der Waals surface area contributed by atoms with Crippen LogP contribution in [0.15, 0.2) is 12.3 Å². The molecule has 0 aromatic carbocycles. The monoisotopic (exact) mass is 178 g/mol. The molecule has 0 fully saturated rings. The number of nitrogens with zero attached hydrogens (tertiary/aromatic N) is 1. The summed E-state index contributed by atoms with van der Waals surface area (Å²) in [5.41, 5.74) is 9.50. The van der Waals surface area contributed by atoms with Crippen molar-refractivity contribution in [3.8, 4) is 0 Å². The first-order chi connectivity index (χ1) is 6.04. The van der Waals surface area contributed by atoms with Gasteiger partial charge in [0, 0.05) is 17.9 Å². The Morgan fingerprint density at radius 2 is 1.92 bits per heavy atom. The number of hydrogen-bond donors (Lipinski definition) is 1. The molecule has 0 amide bonds. The van der Waals surface area contributed by atoms with E-state index < -0.39 is 0 Å². The van der Waals surface area contributed by atoms with Crippen molar-refractivity contribution in [3.05, 3.63) is 29.1 Å². The second kappa shape index (κ2) is 3.88. The Kier molecular flexibility index (Phi) is 3.04. The van der Waals surface area contributed by atoms with Crippen molar-refractivity contribution in [1.29, 1.82) is 0 Å². The fourth-order valence-electron chi connectivity index (χ4n) is 1.69. The summed E-state index contributed by atoms with van der Waals surface area (Å²) in [4.78, 5) is 4.26. The fraction of sp³-hybridized carbons (Fsp3) is 0.545. The molecule has 1 atom stereocenters. The van der Waals surface area contributed by atoms with Crippen molar-refractivity contribution in [2.45, 2.75) is 39.7 Å². The molecule has 0 aliphatic heterocycles. The maximum atomic E-state index is 5.91. The van der Waals surface area contributed by atoms with Crippen LogP contribution in [0.3, 0.4) is 0 Å². The molecular weight excluding hydrogens is 160 g/mol. The Labute approximate surface area is 80.2 Å². The molecule has 1 aromatic heterocycles. The van der Waals surface area contributed by atoms with Crippen LogP contribution < -0.4 is 5.73 Å². The summed E-state index contributed by atoms with van der Waals surface area (Å²) in [5, 5.41) is 0. The number of hydrogen-bond acceptors (Lipinski definition) is 2. The highest BCUT2D eigenvalue weighted by Crippen LogP contribution is 2.24. The molecule has 0 aliphatic carbocycles. The predicted molar refractivity (Wildman–Crippen MR) is 55.7 cm³/mol. The Morgan fingerprint density at radius 1 is 1.31 bits per heavy atom. The summed E-state index contributed by atoms with van der Waals surface area (Å²) in [6.07, 6.45) is 1.86. The third-order valence-electron chi connectivity index (χ3n) is 2.30. The van der Waals surface area contributed by atoms with Crippen LogP contribution >= 0.6 is 0 Å². The van der Waals surface area contributed by atoms with Gasteiger partial charge in [0.2, 0.25) is 0 Å².